The molecule has 0 radical (unpaired) electrons. The molecule has 2 fully saturated rings. The summed E-state index contributed by atoms with van der Waals surface area (Å²) in [5, 5.41) is 0. The zero-order valence-electron chi connectivity index (χ0n) is 12.3. The highest BCUT2D eigenvalue weighted by Crippen LogP contribution is 2.41. The Morgan fingerprint density at radius 2 is 1.90 bits per heavy atom. The van der Waals surface area contributed by atoms with Crippen LogP contribution in [-0.4, -0.2) is 31.3 Å². The largest absolute Gasteiger partial charge is 0.368 e. The standard InChI is InChI=1S/C17H20N2O2/c1-18-15-10-12(7-8-13(15)16(20)17(18)21)19-9-3-5-11-4-2-6-14(11)19/h7-8,10-11,14H,2-6,9H2,1H3. The van der Waals surface area contributed by atoms with Crippen LogP contribution >= 0.6 is 0 Å². The summed E-state index contributed by atoms with van der Waals surface area (Å²) >= 11 is 0. The number of nitrogens with zero attached hydrogens (tertiary/aromatic N) is 2. The predicted molar refractivity (Wildman–Crippen MR) is 81.9 cm³/mol. The normalized spacial score (nSPS) is 28.0. The number of Topliss-reactive ketones (excluding diaryl/α,β-unsaturated/α-hetero) is 1. The zero-order valence-corrected chi connectivity index (χ0v) is 12.3. The fourth-order valence-corrected chi connectivity index (χ4v) is 4.32. The molecule has 1 aliphatic carbocycles. The van der Waals surface area contributed by atoms with Crippen LogP contribution in [0.1, 0.15) is 42.5 Å². The molecule has 110 valence electrons. The molecule has 3 aliphatic rings. The van der Waals surface area contributed by atoms with Crippen molar-refractivity contribution in [1.29, 1.82) is 0 Å². The van der Waals surface area contributed by atoms with E-state index in [0.717, 1.165) is 18.2 Å². The van der Waals surface area contributed by atoms with Gasteiger partial charge in [0.05, 0.1) is 11.3 Å². The molecular weight excluding hydrogens is 264 g/mol. The summed E-state index contributed by atoms with van der Waals surface area (Å²) in [6.07, 6.45) is 6.54. The zero-order chi connectivity index (χ0) is 14.6. The molecule has 0 aromatic heterocycles. The molecule has 1 aromatic carbocycles. The van der Waals surface area contributed by atoms with Gasteiger partial charge in [0, 0.05) is 25.3 Å². The van der Waals surface area contributed by atoms with Gasteiger partial charge < -0.3 is 9.80 Å². The lowest BCUT2D eigenvalue weighted by Crippen LogP contribution is -2.42. The van der Waals surface area contributed by atoms with Gasteiger partial charge in [0.1, 0.15) is 0 Å². The number of hydrogen-bond donors (Lipinski definition) is 0. The van der Waals surface area contributed by atoms with Gasteiger partial charge in [-0.3, -0.25) is 9.59 Å². The van der Waals surface area contributed by atoms with Crippen LogP contribution in [0.2, 0.25) is 0 Å². The Morgan fingerprint density at radius 1 is 1.10 bits per heavy atom. The minimum Gasteiger partial charge on any atom is -0.368 e. The Labute approximate surface area is 124 Å². The summed E-state index contributed by atoms with van der Waals surface area (Å²) in [6.45, 7) is 1.09. The highest BCUT2D eigenvalue weighted by molar-refractivity contribution is 6.52. The quantitative estimate of drug-likeness (QED) is 0.744. The maximum Gasteiger partial charge on any atom is 0.299 e. The van der Waals surface area contributed by atoms with E-state index in [-0.39, 0.29) is 5.78 Å². The lowest BCUT2D eigenvalue weighted by atomic mass is 9.91. The SMILES string of the molecule is CN1C(=O)C(=O)c2ccc(N3CCCC4CCCC43)cc21. The number of fused-ring (bicyclic) bond motifs is 2. The van der Waals surface area contributed by atoms with Crippen LogP contribution in [0, 0.1) is 5.92 Å². The van der Waals surface area contributed by atoms with Gasteiger partial charge in [0.15, 0.2) is 0 Å². The molecule has 4 nitrogen and oxygen atoms in total. The third kappa shape index (κ3) is 1.81. The Morgan fingerprint density at radius 3 is 2.76 bits per heavy atom. The molecule has 0 spiro atoms. The molecule has 0 N–H and O–H groups in total. The van der Waals surface area contributed by atoms with E-state index < -0.39 is 5.91 Å². The van der Waals surface area contributed by atoms with Crippen molar-refractivity contribution in [3.8, 4) is 0 Å². The number of piperidine rings is 1. The molecular formula is C17H20N2O2. The van der Waals surface area contributed by atoms with Crippen molar-refractivity contribution < 1.29 is 9.59 Å². The first kappa shape index (κ1) is 12.9. The first-order chi connectivity index (χ1) is 10.2. The smallest absolute Gasteiger partial charge is 0.299 e. The summed E-state index contributed by atoms with van der Waals surface area (Å²) in [7, 11) is 1.68. The average molecular weight is 284 g/mol. The molecule has 1 saturated heterocycles. The summed E-state index contributed by atoms with van der Waals surface area (Å²) in [5.74, 6) is 0.0315. The predicted octanol–water partition coefficient (Wildman–Crippen LogP) is 2.61. The highest BCUT2D eigenvalue weighted by atomic mass is 16.2. The first-order valence-corrected chi connectivity index (χ1v) is 7.90. The number of carbonyl (C=O) groups excluding carboxylic acids is 2. The number of likely N-dealkylation sites (N-methyl/N-ethyl adjacent to an activating group) is 1. The molecule has 0 bridgehead atoms. The van der Waals surface area contributed by atoms with Crippen LogP contribution in [0.15, 0.2) is 18.2 Å². The Balaban J connectivity index is 1.71. The second-order valence-electron chi connectivity index (χ2n) is 6.49. The molecule has 21 heavy (non-hydrogen) atoms. The maximum absolute atomic E-state index is 11.9. The van der Waals surface area contributed by atoms with Crippen LogP contribution in [0.3, 0.4) is 0 Å². The second-order valence-corrected chi connectivity index (χ2v) is 6.49. The molecule has 4 heteroatoms. The fourth-order valence-electron chi connectivity index (χ4n) is 4.32. The minimum atomic E-state index is -0.417. The Hall–Kier alpha value is -1.84. The number of benzene rings is 1. The van der Waals surface area contributed by atoms with Crippen LogP contribution in [-0.2, 0) is 4.79 Å². The van der Waals surface area contributed by atoms with Crippen molar-refractivity contribution in [1.82, 2.24) is 0 Å². The van der Waals surface area contributed by atoms with E-state index in [1.807, 2.05) is 18.2 Å². The van der Waals surface area contributed by atoms with Crippen molar-refractivity contribution in [2.24, 2.45) is 5.92 Å². The second kappa shape index (κ2) is 4.58. The summed E-state index contributed by atoms with van der Waals surface area (Å²) in [5.41, 5.74) is 2.48. The number of anilines is 2. The summed E-state index contributed by atoms with van der Waals surface area (Å²) < 4.78 is 0. The van der Waals surface area contributed by atoms with E-state index in [4.69, 9.17) is 0 Å². The molecule has 4 rings (SSSR count). The number of rotatable bonds is 1. The van der Waals surface area contributed by atoms with Gasteiger partial charge in [-0.25, -0.2) is 0 Å². The van der Waals surface area contributed by atoms with Crippen molar-refractivity contribution in [2.75, 3.05) is 23.4 Å². The topological polar surface area (TPSA) is 40.6 Å². The van der Waals surface area contributed by atoms with Crippen LogP contribution in [0.4, 0.5) is 11.4 Å². The van der Waals surface area contributed by atoms with Crippen molar-refractivity contribution >= 4 is 23.1 Å². The van der Waals surface area contributed by atoms with Crippen LogP contribution in [0.5, 0.6) is 0 Å². The molecule has 1 saturated carbocycles. The molecule has 2 unspecified atom stereocenters. The van der Waals surface area contributed by atoms with Crippen molar-refractivity contribution in [3.05, 3.63) is 23.8 Å². The maximum atomic E-state index is 11.9. The number of amides is 1. The van der Waals surface area contributed by atoms with E-state index in [9.17, 15) is 9.59 Å². The Kier molecular flexibility index (Phi) is 2.81. The average Bonchev–Trinajstić information content (AvgIpc) is 3.07. The van der Waals surface area contributed by atoms with E-state index in [1.165, 1.54) is 42.7 Å². The van der Waals surface area contributed by atoms with Gasteiger partial charge in [-0.15, -0.1) is 0 Å². The molecule has 1 amide bonds. The van der Waals surface area contributed by atoms with E-state index >= 15 is 0 Å². The van der Waals surface area contributed by atoms with Crippen LogP contribution < -0.4 is 9.80 Å². The highest BCUT2D eigenvalue weighted by Gasteiger charge is 2.37. The van der Waals surface area contributed by atoms with E-state index in [2.05, 4.69) is 4.90 Å². The van der Waals surface area contributed by atoms with Gasteiger partial charge in [-0.2, -0.15) is 0 Å². The van der Waals surface area contributed by atoms with Gasteiger partial charge in [-0.1, -0.05) is 6.42 Å². The van der Waals surface area contributed by atoms with Crippen molar-refractivity contribution in [3.63, 3.8) is 0 Å². The monoisotopic (exact) mass is 284 g/mol. The summed E-state index contributed by atoms with van der Waals surface area (Å²) in [4.78, 5) is 27.7. The third-order valence-corrected chi connectivity index (χ3v) is 5.41. The van der Waals surface area contributed by atoms with E-state index in [1.54, 1.807) is 7.05 Å². The molecule has 1 aromatic rings. The lowest BCUT2D eigenvalue weighted by molar-refractivity contribution is -0.114. The third-order valence-electron chi connectivity index (χ3n) is 5.41. The first-order valence-electron chi connectivity index (χ1n) is 7.90. The molecule has 2 aliphatic heterocycles. The Bertz CT molecular complexity index is 625. The van der Waals surface area contributed by atoms with Crippen molar-refractivity contribution in [2.45, 2.75) is 38.1 Å². The van der Waals surface area contributed by atoms with Gasteiger partial charge in [0.25, 0.3) is 11.7 Å². The molecule has 2 heterocycles. The number of hydrogen-bond acceptors (Lipinski definition) is 3. The fraction of sp³-hybridized carbons (Fsp3) is 0.529. The number of ketones is 1. The van der Waals surface area contributed by atoms with Crippen LogP contribution in [0.25, 0.3) is 0 Å². The van der Waals surface area contributed by atoms with Gasteiger partial charge >= 0.3 is 0 Å². The number of carbonyl (C=O) groups is 2. The minimum absolute atomic E-state index is 0.378. The van der Waals surface area contributed by atoms with E-state index in [0.29, 0.717) is 11.6 Å². The summed E-state index contributed by atoms with van der Waals surface area (Å²) in [6, 6.07) is 6.52. The lowest BCUT2D eigenvalue weighted by Gasteiger charge is -2.39. The van der Waals surface area contributed by atoms with Gasteiger partial charge in [-0.05, 0) is 49.8 Å². The van der Waals surface area contributed by atoms with Gasteiger partial charge in [0.2, 0.25) is 0 Å². The molecule has 2 atom stereocenters.